The Morgan fingerprint density at radius 2 is 2.04 bits per heavy atom. The van der Waals surface area contributed by atoms with Crippen LogP contribution in [0.25, 0.3) is 21.5 Å². The number of aryl methyl sites for hydroxylation is 2. The number of nitrogens with zero attached hydrogens (tertiary/aromatic N) is 3. The van der Waals surface area contributed by atoms with Crippen molar-refractivity contribution < 1.29 is 9.21 Å². The Bertz CT molecular complexity index is 1120. The molecule has 3 aromatic heterocycles. The molecule has 1 aromatic carbocycles. The number of furan rings is 1. The molecule has 7 heteroatoms. The number of benzene rings is 1. The van der Waals surface area contributed by atoms with Gasteiger partial charge in [0.05, 0.1) is 22.5 Å². The van der Waals surface area contributed by atoms with Crippen LogP contribution >= 0.6 is 23.1 Å². The van der Waals surface area contributed by atoms with Crippen LogP contribution in [0.1, 0.15) is 27.9 Å². The van der Waals surface area contributed by atoms with Gasteiger partial charge in [0.25, 0.3) is 0 Å². The summed E-state index contributed by atoms with van der Waals surface area (Å²) in [6, 6.07) is 10.0. The van der Waals surface area contributed by atoms with Gasteiger partial charge in [-0.1, -0.05) is 30.0 Å². The van der Waals surface area contributed by atoms with Crippen molar-refractivity contribution in [2.75, 3.05) is 5.75 Å². The van der Waals surface area contributed by atoms with E-state index in [1.165, 1.54) is 11.8 Å². The summed E-state index contributed by atoms with van der Waals surface area (Å²) in [5, 5.41) is 10.5. The number of hydrogen-bond acceptors (Lipinski definition) is 6. The smallest absolute Gasteiger partial charge is 0.191 e. The average Bonchev–Trinajstić information content (AvgIpc) is 3.37. The van der Waals surface area contributed by atoms with E-state index in [0.717, 1.165) is 49.4 Å². The molecule has 0 unspecified atom stereocenters. The zero-order valence-corrected chi connectivity index (χ0v) is 17.0. The Hall–Kier alpha value is -2.38. The molecule has 0 bridgehead atoms. The van der Waals surface area contributed by atoms with Gasteiger partial charge in [0.15, 0.2) is 16.8 Å². The first kappa shape index (κ1) is 18.0. The van der Waals surface area contributed by atoms with Crippen LogP contribution in [0.5, 0.6) is 0 Å². The number of carbonyl (C=O) groups is 1. The molecular weight excluding hydrogens is 378 g/mol. The van der Waals surface area contributed by atoms with Crippen molar-refractivity contribution in [3.05, 3.63) is 52.8 Å². The van der Waals surface area contributed by atoms with E-state index in [1.807, 2.05) is 43.5 Å². The van der Waals surface area contributed by atoms with Crippen LogP contribution in [0.15, 0.2) is 46.2 Å². The fraction of sp³-hybridized carbons (Fsp3) is 0.250. The van der Waals surface area contributed by atoms with Crippen LogP contribution in [0, 0.1) is 13.8 Å². The molecule has 4 rings (SSSR count). The van der Waals surface area contributed by atoms with Gasteiger partial charge in [-0.3, -0.25) is 4.79 Å². The van der Waals surface area contributed by atoms with Gasteiger partial charge >= 0.3 is 0 Å². The zero-order valence-electron chi connectivity index (χ0n) is 15.4. The highest BCUT2D eigenvalue weighted by molar-refractivity contribution is 7.99. The molecule has 0 saturated carbocycles. The molecule has 0 amide bonds. The molecule has 3 heterocycles. The van der Waals surface area contributed by atoms with E-state index in [1.54, 1.807) is 17.6 Å². The van der Waals surface area contributed by atoms with E-state index in [9.17, 15) is 4.79 Å². The van der Waals surface area contributed by atoms with Crippen LogP contribution in [0.4, 0.5) is 0 Å². The summed E-state index contributed by atoms with van der Waals surface area (Å²) in [6.45, 7) is 6.70. The van der Waals surface area contributed by atoms with Crippen molar-refractivity contribution >= 4 is 39.0 Å². The number of rotatable bonds is 6. The highest BCUT2D eigenvalue weighted by Gasteiger charge is 2.19. The largest absolute Gasteiger partial charge is 0.469 e. The maximum atomic E-state index is 12.8. The molecule has 27 heavy (non-hydrogen) atoms. The predicted octanol–water partition coefficient (Wildman–Crippen LogP) is 5.36. The SMILES string of the molecule is CCn1c(SCC(=O)c2sc3ccccc3c2C)nnc1-c1ccoc1C. The van der Waals surface area contributed by atoms with E-state index in [0.29, 0.717) is 5.75 Å². The second kappa shape index (κ2) is 7.32. The monoisotopic (exact) mass is 397 g/mol. The van der Waals surface area contributed by atoms with E-state index >= 15 is 0 Å². The average molecular weight is 398 g/mol. The molecule has 5 nitrogen and oxygen atoms in total. The van der Waals surface area contributed by atoms with E-state index in [2.05, 4.69) is 22.3 Å². The highest BCUT2D eigenvalue weighted by Crippen LogP contribution is 2.32. The highest BCUT2D eigenvalue weighted by atomic mass is 32.2. The Labute approximate surface area is 165 Å². The van der Waals surface area contributed by atoms with Gasteiger partial charge in [0.2, 0.25) is 0 Å². The first-order chi connectivity index (χ1) is 13.1. The molecule has 0 fully saturated rings. The summed E-state index contributed by atoms with van der Waals surface area (Å²) < 4.78 is 8.56. The molecule has 4 aromatic rings. The van der Waals surface area contributed by atoms with Gasteiger partial charge in [0, 0.05) is 11.2 Å². The second-order valence-corrected chi connectivity index (χ2v) is 8.20. The number of fused-ring (bicyclic) bond motifs is 1. The number of hydrogen-bond donors (Lipinski definition) is 0. The van der Waals surface area contributed by atoms with Crippen molar-refractivity contribution in [2.24, 2.45) is 0 Å². The Balaban J connectivity index is 1.56. The number of Topliss-reactive ketones (excluding diaryl/α,β-unsaturated/α-hetero) is 1. The maximum absolute atomic E-state index is 12.8. The number of thioether (sulfide) groups is 1. The van der Waals surface area contributed by atoms with Crippen LogP contribution < -0.4 is 0 Å². The van der Waals surface area contributed by atoms with Gasteiger partial charge in [-0.15, -0.1) is 21.5 Å². The standard InChI is InChI=1S/C20H19N3O2S2/c1-4-23-19(15-9-10-25-13(15)3)21-22-20(23)26-11-16(24)18-12(2)14-7-5-6-8-17(14)27-18/h5-10H,4,11H2,1-3H3. The van der Waals surface area contributed by atoms with Crippen LogP contribution in [0.3, 0.4) is 0 Å². The minimum atomic E-state index is 0.130. The van der Waals surface area contributed by atoms with Crippen molar-refractivity contribution in [1.82, 2.24) is 14.8 Å². The molecule has 0 aliphatic carbocycles. The third-order valence-corrected chi connectivity index (χ3v) is 6.84. The third kappa shape index (κ3) is 3.21. The fourth-order valence-electron chi connectivity index (χ4n) is 3.13. The van der Waals surface area contributed by atoms with Crippen molar-refractivity contribution in [3.8, 4) is 11.4 Å². The summed E-state index contributed by atoms with van der Waals surface area (Å²) in [4.78, 5) is 13.6. The van der Waals surface area contributed by atoms with Gasteiger partial charge in [-0.05, 0) is 43.9 Å². The molecular formula is C20H19N3O2S2. The molecule has 0 N–H and O–H groups in total. The fourth-order valence-corrected chi connectivity index (χ4v) is 5.25. The first-order valence-corrected chi connectivity index (χ1v) is 10.5. The maximum Gasteiger partial charge on any atom is 0.191 e. The number of carbonyl (C=O) groups excluding carboxylic acids is 1. The van der Waals surface area contributed by atoms with Crippen LogP contribution in [-0.2, 0) is 6.54 Å². The Kier molecular flexibility index (Phi) is 4.88. The Morgan fingerprint density at radius 1 is 1.22 bits per heavy atom. The van der Waals surface area contributed by atoms with Gasteiger partial charge in [-0.25, -0.2) is 0 Å². The lowest BCUT2D eigenvalue weighted by Crippen LogP contribution is -2.05. The molecule has 138 valence electrons. The van der Waals surface area contributed by atoms with E-state index in [4.69, 9.17) is 4.42 Å². The van der Waals surface area contributed by atoms with Gasteiger partial charge in [0.1, 0.15) is 5.76 Å². The summed E-state index contributed by atoms with van der Waals surface area (Å²) >= 11 is 3.00. The number of ketones is 1. The quantitative estimate of drug-likeness (QED) is 0.323. The van der Waals surface area contributed by atoms with Crippen LogP contribution in [0.2, 0.25) is 0 Å². The number of aromatic nitrogens is 3. The minimum absolute atomic E-state index is 0.130. The third-order valence-electron chi connectivity index (χ3n) is 4.56. The van der Waals surface area contributed by atoms with Gasteiger partial charge < -0.3 is 8.98 Å². The van der Waals surface area contributed by atoms with Gasteiger partial charge in [-0.2, -0.15) is 0 Å². The minimum Gasteiger partial charge on any atom is -0.469 e. The topological polar surface area (TPSA) is 60.9 Å². The number of thiophene rings is 1. The first-order valence-electron chi connectivity index (χ1n) is 8.72. The van der Waals surface area contributed by atoms with Crippen molar-refractivity contribution in [3.63, 3.8) is 0 Å². The van der Waals surface area contributed by atoms with E-state index in [-0.39, 0.29) is 5.78 Å². The lowest BCUT2D eigenvalue weighted by Gasteiger charge is -2.06. The molecule has 0 atom stereocenters. The summed E-state index contributed by atoms with van der Waals surface area (Å²) in [7, 11) is 0. The lowest BCUT2D eigenvalue weighted by atomic mass is 10.1. The van der Waals surface area contributed by atoms with Crippen molar-refractivity contribution in [1.29, 1.82) is 0 Å². The predicted molar refractivity (Wildman–Crippen MR) is 110 cm³/mol. The zero-order chi connectivity index (χ0) is 19.0. The molecule has 0 aliphatic heterocycles. The lowest BCUT2D eigenvalue weighted by molar-refractivity contribution is 0.102. The molecule has 0 radical (unpaired) electrons. The Morgan fingerprint density at radius 3 is 2.74 bits per heavy atom. The molecule has 0 aliphatic rings. The van der Waals surface area contributed by atoms with Crippen LogP contribution in [-0.4, -0.2) is 26.3 Å². The normalized spacial score (nSPS) is 11.4. The molecule has 0 spiro atoms. The molecule has 0 saturated heterocycles. The van der Waals surface area contributed by atoms with Crippen molar-refractivity contribution in [2.45, 2.75) is 32.5 Å². The summed E-state index contributed by atoms with van der Waals surface area (Å²) in [5.74, 6) is 2.06. The van der Waals surface area contributed by atoms with E-state index < -0.39 is 0 Å². The summed E-state index contributed by atoms with van der Waals surface area (Å²) in [6.07, 6.45) is 1.65. The summed E-state index contributed by atoms with van der Waals surface area (Å²) in [5.41, 5.74) is 2.00. The second-order valence-electron chi connectivity index (χ2n) is 6.21.